The minimum Gasteiger partial charge on any atom is -0.382 e. The van der Waals surface area contributed by atoms with Gasteiger partial charge in [0.15, 0.2) is 11.5 Å². The van der Waals surface area contributed by atoms with Crippen molar-refractivity contribution in [3.05, 3.63) is 42.1 Å². The normalized spacial score (nSPS) is 19.2. The van der Waals surface area contributed by atoms with Crippen molar-refractivity contribution in [1.29, 1.82) is 0 Å². The highest BCUT2D eigenvalue weighted by Gasteiger charge is 2.27. The molecule has 0 saturated carbocycles. The summed E-state index contributed by atoms with van der Waals surface area (Å²) >= 11 is 0. The van der Waals surface area contributed by atoms with Crippen LogP contribution in [0, 0.1) is 5.92 Å². The van der Waals surface area contributed by atoms with Gasteiger partial charge in [0, 0.05) is 50.5 Å². The SMILES string of the molecule is CCOCCCN1CCC(NC(=O)CNC(=O)c2cc(-c3ccccc3)on2)C(C)C1. The fraction of sp³-hybridized carbons (Fsp3) is 0.522. The largest absolute Gasteiger partial charge is 0.382 e. The second kappa shape index (κ2) is 11.6. The third-order valence-corrected chi connectivity index (χ3v) is 5.51. The maximum atomic E-state index is 12.3. The summed E-state index contributed by atoms with van der Waals surface area (Å²) in [7, 11) is 0. The number of nitrogens with zero attached hydrogens (tertiary/aromatic N) is 2. The first-order chi connectivity index (χ1) is 15.1. The number of aromatic nitrogens is 1. The molecule has 1 saturated heterocycles. The maximum absolute atomic E-state index is 12.3. The van der Waals surface area contributed by atoms with Crippen LogP contribution in [0.5, 0.6) is 0 Å². The topological polar surface area (TPSA) is 96.7 Å². The highest BCUT2D eigenvalue weighted by atomic mass is 16.5. The van der Waals surface area contributed by atoms with Crippen LogP contribution in [0.3, 0.4) is 0 Å². The zero-order valence-corrected chi connectivity index (χ0v) is 18.3. The summed E-state index contributed by atoms with van der Waals surface area (Å²) in [6, 6.07) is 11.1. The number of carbonyl (C=O) groups is 2. The predicted molar refractivity (Wildman–Crippen MR) is 118 cm³/mol. The van der Waals surface area contributed by atoms with Crippen LogP contribution in [0.15, 0.2) is 40.9 Å². The molecule has 1 aliphatic rings. The minimum atomic E-state index is -0.432. The molecule has 1 aromatic heterocycles. The van der Waals surface area contributed by atoms with Gasteiger partial charge < -0.3 is 24.8 Å². The monoisotopic (exact) mass is 428 g/mol. The van der Waals surface area contributed by atoms with Gasteiger partial charge in [-0.15, -0.1) is 0 Å². The molecule has 2 heterocycles. The molecule has 1 aliphatic heterocycles. The van der Waals surface area contributed by atoms with Gasteiger partial charge in [0.25, 0.3) is 5.91 Å². The molecule has 168 valence electrons. The number of hydrogen-bond acceptors (Lipinski definition) is 6. The first-order valence-electron chi connectivity index (χ1n) is 11.0. The fourth-order valence-corrected chi connectivity index (χ4v) is 3.81. The van der Waals surface area contributed by atoms with Crippen molar-refractivity contribution in [2.45, 2.75) is 32.7 Å². The predicted octanol–water partition coefficient (Wildman–Crippen LogP) is 2.32. The molecular formula is C23H32N4O4. The standard InChI is InChI=1S/C23H32N4O4/c1-3-30-13-7-11-27-12-10-19(17(2)16-27)25-22(28)15-24-23(29)20-14-21(31-26-20)18-8-5-4-6-9-18/h4-6,8-9,14,17,19H,3,7,10-13,15-16H2,1-2H3,(H,24,29)(H,25,28). The fourth-order valence-electron chi connectivity index (χ4n) is 3.81. The Balaban J connectivity index is 1.39. The number of nitrogens with one attached hydrogen (secondary N) is 2. The molecule has 1 fully saturated rings. The van der Waals surface area contributed by atoms with Crippen molar-refractivity contribution >= 4 is 11.8 Å². The first kappa shape index (κ1) is 23.0. The Morgan fingerprint density at radius 1 is 1.29 bits per heavy atom. The molecule has 2 N–H and O–H groups in total. The Morgan fingerprint density at radius 3 is 2.84 bits per heavy atom. The molecule has 2 aromatic rings. The second-order valence-corrected chi connectivity index (χ2v) is 7.92. The van der Waals surface area contributed by atoms with E-state index in [9.17, 15) is 9.59 Å². The van der Waals surface area contributed by atoms with Crippen LogP contribution in [0.2, 0.25) is 0 Å². The summed E-state index contributed by atoms with van der Waals surface area (Å²) in [6.07, 6.45) is 1.93. The van der Waals surface area contributed by atoms with E-state index in [-0.39, 0.29) is 24.2 Å². The summed E-state index contributed by atoms with van der Waals surface area (Å²) in [6.45, 7) is 8.54. The molecule has 3 rings (SSSR count). The molecule has 2 amide bonds. The first-order valence-corrected chi connectivity index (χ1v) is 11.0. The number of amides is 2. The zero-order chi connectivity index (χ0) is 22.1. The van der Waals surface area contributed by atoms with Gasteiger partial charge in [0.2, 0.25) is 5.91 Å². The highest BCUT2D eigenvalue weighted by Crippen LogP contribution is 2.20. The van der Waals surface area contributed by atoms with Gasteiger partial charge in [-0.2, -0.15) is 0 Å². The number of ether oxygens (including phenoxy) is 1. The van der Waals surface area contributed by atoms with Crippen LogP contribution in [0.25, 0.3) is 11.3 Å². The summed E-state index contributed by atoms with van der Waals surface area (Å²) in [5.74, 6) is 0.238. The van der Waals surface area contributed by atoms with Crippen LogP contribution >= 0.6 is 0 Å². The molecule has 8 nitrogen and oxygen atoms in total. The Labute approximate surface area is 183 Å². The third kappa shape index (κ3) is 6.90. The van der Waals surface area contributed by atoms with Gasteiger partial charge in [-0.3, -0.25) is 9.59 Å². The lowest BCUT2D eigenvalue weighted by Crippen LogP contribution is -2.52. The molecule has 0 spiro atoms. The average molecular weight is 429 g/mol. The van der Waals surface area contributed by atoms with Crippen LogP contribution in [-0.4, -0.2) is 67.3 Å². The number of carbonyl (C=O) groups excluding carboxylic acids is 2. The van der Waals surface area contributed by atoms with Gasteiger partial charge in [-0.1, -0.05) is 42.4 Å². The van der Waals surface area contributed by atoms with Crippen molar-refractivity contribution < 1.29 is 18.8 Å². The quantitative estimate of drug-likeness (QED) is 0.564. The van der Waals surface area contributed by atoms with Gasteiger partial charge in [-0.05, 0) is 25.7 Å². The maximum Gasteiger partial charge on any atom is 0.273 e. The summed E-state index contributed by atoms with van der Waals surface area (Å²) in [5.41, 5.74) is 0.991. The number of piperidine rings is 1. The third-order valence-electron chi connectivity index (χ3n) is 5.51. The van der Waals surface area contributed by atoms with Crippen LogP contribution in [-0.2, 0) is 9.53 Å². The Bertz CT molecular complexity index is 839. The lowest BCUT2D eigenvalue weighted by Gasteiger charge is -2.37. The van der Waals surface area contributed by atoms with Gasteiger partial charge in [0.1, 0.15) is 0 Å². The van der Waals surface area contributed by atoms with Gasteiger partial charge >= 0.3 is 0 Å². The van der Waals surface area contributed by atoms with Crippen LogP contribution in [0.1, 0.15) is 37.2 Å². The molecular weight excluding hydrogens is 396 g/mol. The molecule has 2 unspecified atom stereocenters. The molecule has 2 atom stereocenters. The van der Waals surface area contributed by atoms with Crippen LogP contribution in [0.4, 0.5) is 0 Å². The summed E-state index contributed by atoms with van der Waals surface area (Å²) in [4.78, 5) is 27.1. The van der Waals surface area contributed by atoms with Crippen molar-refractivity contribution in [1.82, 2.24) is 20.7 Å². The van der Waals surface area contributed by atoms with E-state index in [0.717, 1.165) is 51.3 Å². The number of likely N-dealkylation sites (tertiary alicyclic amines) is 1. The van der Waals surface area contributed by atoms with E-state index in [1.165, 1.54) is 0 Å². The molecule has 1 aromatic carbocycles. The van der Waals surface area contributed by atoms with Crippen molar-refractivity contribution in [2.75, 3.05) is 39.4 Å². The minimum absolute atomic E-state index is 0.0896. The van der Waals surface area contributed by atoms with E-state index in [0.29, 0.717) is 11.7 Å². The molecule has 0 radical (unpaired) electrons. The van der Waals surface area contributed by atoms with E-state index in [2.05, 4.69) is 27.6 Å². The molecule has 0 aliphatic carbocycles. The average Bonchev–Trinajstić information content (AvgIpc) is 3.28. The number of benzene rings is 1. The van der Waals surface area contributed by atoms with Gasteiger partial charge in [-0.25, -0.2) is 0 Å². The van der Waals surface area contributed by atoms with E-state index < -0.39 is 5.91 Å². The highest BCUT2D eigenvalue weighted by molar-refractivity contribution is 5.95. The van der Waals surface area contributed by atoms with Crippen LogP contribution < -0.4 is 10.6 Å². The summed E-state index contributed by atoms with van der Waals surface area (Å²) < 4.78 is 10.6. The van der Waals surface area contributed by atoms with Crippen molar-refractivity contribution in [3.63, 3.8) is 0 Å². The molecule has 31 heavy (non-hydrogen) atoms. The van der Waals surface area contributed by atoms with Crippen molar-refractivity contribution in [3.8, 4) is 11.3 Å². The number of hydrogen-bond donors (Lipinski definition) is 2. The molecule has 0 bridgehead atoms. The zero-order valence-electron chi connectivity index (χ0n) is 18.3. The van der Waals surface area contributed by atoms with Crippen molar-refractivity contribution in [2.24, 2.45) is 5.92 Å². The lowest BCUT2D eigenvalue weighted by molar-refractivity contribution is -0.121. The van der Waals surface area contributed by atoms with E-state index in [1.807, 2.05) is 37.3 Å². The second-order valence-electron chi connectivity index (χ2n) is 7.92. The summed E-state index contributed by atoms with van der Waals surface area (Å²) in [5, 5.41) is 9.48. The lowest BCUT2D eigenvalue weighted by atomic mass is 9.93. The smallest absolute Gasteiger partial charge is 0.273 e. The molecule has 8 heteroatoms. The van der Waals surface area contributed by atoms with E-state index >= 15 is 0 Å². The van der Waals surface area contributed by atoms with E-state index in [4.69, 9.17) is 9.26 Å². The Hall–Kier alpha value is -2.71. The Kier molecular flexibility index (Phi) is 8.61. The van der Waals surface area contributed by atoms with Gasteiger partial charge in [0.05, 0.1) is 6.54 Å². The van der Waals surface area contributed by atoms with E-state index in [1.54, 1.807) is 6.07 Å². The Morgan fingerprint density at radius 2 is 2.10 bits per heavy atom. The number of rotatable bonds is 10.